The molecule has 0 spiro atoms. The summed E-state index contributed by atoms with van der Waals surface area (Å²) in [4.78, 5) is 10.2. The zero-order valence-corrected chi connectivity index (χ0v) is 5.69. The summed E-state index contributed by atoms with van der Waals surface area (Å²) in [5, 5.41) is 0. The van der Waals surface area contributed by atoms with E-state index in [1.54, 1.807) is 20.8 Å². The molecule has 3 heteroatoms. The van der Waals surface area contributed by atoms with Crippen LogP contribution in [-0.4, -0.2) is 5.91 Å². The lowest BCUT2D eigenvalue weighted by Gasteiger charge is -2.10. The molecular formula is C5H14N2O. The van der Waals surface area contributed by atoms with Crippen molar-refractivity contribution in [2.24, 2.45) is 11.1 Å². The highest BCUT2D eigenvalue weighted by Crippen LogP contribution is 2.09. The van der Waals surface area contributed by atoms with Crippen molar-refractivity contribution in [1.29, 1.82) is 0 Å². The molecule has 3 nitrogen and oxygen atoms in total. The number of carbonyl (C=O) groups is 1. The quantitative estimate of drug-likeness (QED) is 0.490. The van der Waals surface area contributed by atoms with Gasteiger partial charge in [-0.05, 0) is 0 Å². The van der Waals surface area contributed by atoms with E-state index in [-0.39, 0.29) is 17.5 Å². The van der Waals surface area contributed by atoms with Crippen LogP contribution >= 0.6 is 0 Å². The summed E-state index contributed by atoms with van der Waals surface area (Å²) in [5.74, 6) is -0.257. The molecular weight excluding hydrogens is 104 g/mol. The maximum Gasteiger partial charge on any atom is 0.222 e. The van der Waals surface area contributed by atoms with Crippen LogP contribution in [0.25, 0.3) is 0 Å². The predicted octanol–water partition coefficient (Wildman–Crippen LogP) is 0.680. The van der Waals surface area contributed by atoms with Gasteiger partial charge in [-0.25, -0.2) is 0 Å². The Kier molecular flexibility index (Phi) is 3.47. The molecule has 5 N–H and O–H groups in total. The summed E-state index contributed by atoms with van der Waals surface area (Å²) in [6.07, 6.45) is 0. The Bertz CT molecular complexity index is 82.9. The first-order valence-corrected chi connectivity index (χ1v) is 2.24. The van der Waals surface area contributed by atoms with Gasteiger partial charge in [0.1, 0.15) is 0 Å². The fourth-order valence-electron chi connectivity index (χ4n) is 0. The molecule has 0 aliphatic rings. The van der Waals surface area contributed by atoms with Crippen LogP contribution in [0.4, 0.5) is 0 Å². The normalized spacial score (nSPS) is 9.88. The number of rotatable bonds is 0. The number of carbonyl (C=O) groups excluding carboxylic acids is 1. The van der Waals surface area contributed by atoms with E-state index in [2.05, 4.69) is 0 Å². The highest BCUT2D eigenvalue weighted by atomic mass is 16.1. The van der Waals surface area contributed by atoms with E-state index < -0.39 is 0 Å². The molecule has 0 unspecified atom stereocenters. The smallest absolute Gasteiger partial charge is 0.222 e. The van der Waals surface area contributed by atoms with Gasteiger partial charge in [-0.2, -0.15) is 0 Å². The van der Waals surface area contributed by atoms with Crippen molar-refractivity contribution in [2.45, 2.75) is 20.8 Å². The highest BCUT2D eigenvalue weighted by Gasteiger charge is 2.16. The van der Waals surface area contributed by atoms with Gasteiger partial charge < -0.3 is 11.9 Å². The number of primary amides is 1. The topological polar surface area (TPSA) is 78.1 Å². The van der Waals surface area contributed by atoms with Gasteiger partial charge in [0.05, 0.1) is 0 Å². The van der Waals surface area contributed by atoms with E-state index in [0.717, 1.165) is 0 Å². The first kappa shape index (κ1) is 10.4. The molecule has 0 saturated carbocycles. The van der Waals surface area contributed by atoms with Gasteiger partial charge in [0.25, 0.3) is 0 Å². The molecule has 1 amide bonds. The molecule has 0 aliphatic heterocycles. The Morgan fingerprint density at radius 1 is 1.38 bits per heavy atom. The van der Waals surface area contributed by atoms with Crippen molar-refractivity contribution in [3.8, 4) is 0 Å². The largest absolute Gasteiger partial charge is 0.369 e. The fourth-order valence-corrected chi connectivity index (χ4v) is 0. The molecule has 0 aliphatic carbocycles. The van der Waals surface area contributed by atoms with Crippen LogP contribution in [0, 0.1) is 5.41 Å². The SMILES string of the molecule is CC(C)(C)C(N)=O.N. The molecule has 8 heavy (non-hydrogen) atoms. The maximum atomic E-state index is 10.2. The van der Waals surface area contributed by atoms with Crippen LogP contribution < -0.4 is 11.9 Å². The van der Waals surface area contributed by atoms with Crippen molar-refractivity contribution >= 4 is 5.91 Å². The lowest BCUT2D eigenvalue weighted by Crippen LogP contribution is -2.27. The zero-order chi connectivity index (χ0) is 6.08. The molecule has 0 radical (unpaired) electrons. The molecule has 0 aromatic rings. The van der Waals surface area contributed by atoms with Crippen molar-refractivity contribution in [3.63, 3.8) is 0 Å². The molecule has 50 valence electrons. The predicted molar refractivity (Wildman–Crippen MR) is 33.7 cm³/mol. The molecule has 0 fully saturated rings. The number of hydrogen-bond donors (Lipinski definition) is 2. The van der Waals surface area contributed by atoms with E-state index in [4.69, 9.17) is 5.73 Å². The van der Waals surface area contributed by atoms with Crippen molar-refractivity contribution in [3.05, 3.63) is 0 Å². The monoisotopic (exact) mass is 118 g/mol. The van der Waals surface area contributed by atoms with Gasteiger partial charge >= 0.3 is 0 Å². The van der Waals surface area contributed by atoms with Crippen LogP contribution in [0.15, 0.2) is 0 Å². The summed E-state index contributed by atoms with van der Waals surface area (Å²) in [6, 6.07) is 0. The second-order valence-electron chi connectivity index (χ2n) is 2.61. The van der Waals surface area contributed by atoms with Gasteiger partial charge in [-0.15, -0.1) is 0 Å². The van der Waals surface area contributed by atoms with Gasteiger partial charge in [-0.3, -0.25) is 4.79 Å². The van der Waals surface area contributed by atoms with Crippen LogP contribution in [0.3, 0.4) is 0 Å². The third-order valence-electron chi connectivity index (χ3n) is 0.739. The van der Waals surface area contributed by atoms with Crippen LogP contribution in [0.5, 0.6) is 0 Å². The Morgan fingerprint density at radius 3 is 1.50 bits per heavy atom. The van der Waals surface area contributed by atoms with Crippen LogP contribution in [0.2, 0.25) is 0 Å². The van der Waals surface area contributed by atoms with Crippen molar-refractivity contribution in [1.82, 2.24) is 6.15 Å². The van der Waals surface area contributed by atoms with E-state index in [0.29, 0.717) is 0 Å². The molecule has 0 aromatic heterocycles. The number of hydrogen-bond acceptors (Lipinski definition) is 2. The maximum absolute atomic E-state index is 10.2. The number of nitrogens with two attached hydrogens (primary N) is 1. The average molecular weight is 118 g/mol. The highest BCUT2D eigenvalue weighted by molar-refractivity contribution is 5.79. The zero-order valence-electron chi connectivity index (χ0n) is 5.69. The lowest BCUT2D eigenvalue weighted by molar-refractivity contribution is -0.125. The Hall–Kier alpha value is -0.570. The van der Waals surface area contributed by atoms with Crippen molar-refractivity contribution in [2.75, 3.05) is 0 Å². The third-order valence-corrected chi connectivity index (χ3v) is 0.739. The summed E-state index contributed by atoms with van der Waals surface area (Å²) < 4.78 is 0. The number of amides is 1. The Labute approximate surface area is 49.8 Å². The summed E-state index contributed by atoms with van der Waals surface area (Å²) in [5.41, 5.74) is 4.57. The molecule has 0 heterocycles. The second-order valence-corrected chi connectivity index (χ2v) is 2.61. The molecule has 0 atom stereocenters. The Balaban J connectivity index is 0. The van der Waals surface area contributed by atoms with E-state index in [1.807, 2.05) is 0 Å². The Morgan fingerprint density at radius 2 is 1.50 bits per heavy atom. The molecule has 0 bridgehead atoms. The third kappa shape index (κ3) is 3.61. The van der Waals surface area contributed by atoms with E-state index in [1.165, 1.54) is 0 Å². The van der Waals surface area contributed by atoms with Gasteiger partial charge in [0.15, 0.2) is 0 Å². The summed E-state index contributed by atoms with van der Waals surface area (Å²) in [7, 11) is 0. The summed E-state index contributed by atoms with van der Waals surface area (Å²) in [6.45, 7) is 5.36. The van der Waals surface area contributed by atoms with Gasteiger partial charge in [0.2, 0.25) is 5.91 Å². The standard InChI is InChI=1S/C5H11NO.H3N/c1-5(2,3)4(6)7;/h1-3H3,(H2,6,7);1H3. The fraction of sp³-hybridized carbons (Fsp3) is 0.800. The van der Waals surface area contributed by atoms with Crippen molar-refractivity contribution < 1.29 is 4.79 Å². The molecule has 0 aromatic carbocycles. The van der Waals surface area contributed by atoms with Crippen LogP contribution in [-0.2, 0) is 4.79 Å². The van der Waals surface area contributed by atoms with Crippen LogP contribution in [0.1, 0.15) is 20.8 Å². The molecule has 0 saturated heterocycles. The van der Waals surface area contributed by atoms with E-state index in [9.17, 15) is 4.79 Å². The second kappa shape index (κ2) is 2.67. The van der Waals surface area contributed by atoms with Gasteiger partial charge in [0, 0.05) is 5.41 Å². The minimum absolute atomic E-state index is 0. The molecule has 0 rings (SSSR count). The minimum atomic E-state index is -0.361. The van der Waals surface area contributed by atoms with E-state index >= 15 is 0 Å². The minimum Gasteiger partial charge on any atom is -0.369 e. The average Bonchev–Trinajstić information content (AvgIpc) is 1.31. The first-order chi connectivity index (χ1) is 2.94. The first-order valence-electron chi connectivity index (χ1n) is 2.24. The summed E-state index contributed by atoms with van der Waals surface area (Å²) >= 11 is 0. The van der Waals surface area contributed by atoms with Gasteiger partial charge in [-0.1, -0.05) is 20.8 Å². The lowest BCUT2D eigenvalue weighted by atomic mass is 9.96.